The van der Waals surface area contributed by atoms with Gasteiger partial charge in [0.15, 0.2) is 0 Å². The van der Waals surface area contributed by atoms with Gasteiger partial charge in [-0.1, -0.05) is 35.9 Å². The van der Waals surface area contributed by atoms with Crippen molar-refractivity contribution in [3.8, 4) is 17.2 Å². The number of aryl methyl sites for hydroxylation is 1. The highest BCUT2D eigenvalue weighted by Crippen LogP contribution is 2.40. The Morgan fingerprint density at radius 3 is 2.55 bits per heavy atom. The van der Waals surface area contributed by atoms with Crippen molar-refractivity contribution < 1.29 is 14.3 Å². The number of carbonyl (C=O) groups is 1. The maximum atomic E-state index is 12.7. The van der Waals surface area contributed by atoms with Gasteiger partial charge in [-0.05, 0) is 85.0 Å². The van der Waals surface area contributed by atoms with Crippen molar-refractivity contribution in [3.63, 3.8) is 0 Å². The van der Waals surface area contributed by atoms with Crippen molar-refractivity contribution in [2.45, 2.75) is 38.0 Å². The van der Waals surface area contributed by atoms with E-state index in [1.165, 1.54) is 28.4 Å². The van der Waals surface area contributed by atoms with Gasteiger partial charge in [-0.2, -0.15) is 0 Å². The van der Waals surface area contributed by atoms with Crippen LogP contribution >= 0.6 is 23.4 Å². The first-order chi connectivity index (χ1) is 16.1. The number of benzene rings is 3. The van der Waals surface area contributed by atoms with Crippen molar-refractivity contribution in [1.29, 1.82) is 0 Å². The number of hydrogen-bond donors (Lipinski definition) is 0. The van der Waals surface area contributed by atoms with Crippen LogP contribution in [-0.4, -0.2) is 23.5 Å². The molecule has 3 aromatic carbocycles. The maximum absolute atomic E-state index is 12.7. The lowest BCUT2D eigenvalue weighted by Gasteiger charge is -2.19. The molecule has 0 bridgehead atoms. The SMILES string of the molecule is O=C(c1ccc(Oc2cc3c(cc2Cl)CCCO3)cc1)N(Cl)CCc1ccc(C2CC2)cc1. The fourth-order valence-corrected chi connectivity index (χ4v) is 4.47. The van der Waals surface area contributed by atoms with Gasteiger partial charge in [-0.3, -0.25) is 9.21 Å². The van der Waals surface area contributed by atoms with E-state index in [9.17, 15) is 4.79 Å². The molecule has 3 aromatic rings. The highest BCUT2D eigenvalue weighted by Gasteiger charge is 2.23. The van der Waals surface area contributed by atoms with Gasteiger partial charge in [0, 0.05) is 30.0 Å². The van der Waals surface area contributed by atoms with Gasteiger partial charge >= 0.3 is 0 Å². The fourth-order valence-electron chi connectivity index (χ4n) is 4.06. The summed E-state index contributed by atoms with van der Waals surface area (Å²) in [6, 6.07) is 19.3. The molecule has 33 heavy (non-hydrogen) atoms. The van der Waals surface area contributed by atoms with Gasteiger partial charge in [-0.15, -0.1) is 0 Å². The highest BCUT2D eigenvalue weighted by molar-refractivity contribution is 6.32. The number of carbonyl (C=O) groups excluding carboxylic acids is 1. The van der Waals surface area contributed by atoms with E-state index in [2.05, 4.69) is 24.3 Å². The molecule has 170 valence electrons. The monoisotopic (exact) mass is 481 g/mol. The Kier molecular flexibility index (Phi) is 6.48. The Morgan fingerprint density at radius 1 is 1.06 bits per heavy atom. The summed E-state index contributed by atoms with van der Waals surface area (Å²) < 4.78 is 12.9. The van der Waals surface area contributed by atoms with E-state index < -0.39 is 0 Å². The number of rotatable bonds is 7. The molecule has 5 rings (SSSR count). The Balaban J connectivity index is 1.18. The van der Waals surface area contributed by atoms with Gasteiger partial charge < -0.3 is 9.47 Å². The molecule has 0 spiro atoms. The molecule has 1 fully saturated rings. The van der Waals surface area contributed by atoms with Crippen LogP contribution in [0.4, 0.5) is 0 Å². The molecule has 1 amide bonds. The predicted molar refractivity (Wildman–Crippen MR) is 131 cm³/mol. The lowest BCUT2D eigenvalue weighted by atomic mass is 10.1. The summed E-state index contributed by atoms with van der Waals surface area (Å²) in [7, 11) is 0. The first-order valence-corrected chi connectivity index (χ1v) is 12.1. The molecule has 6 heteroatoms. The summed E-state index contributed by atoms with van der Waals surface area (Å²) in [4.78, 5) is 12.7. The first-order valence-electron chi connectivity index (χ1n) is 11.4. The lowest BCUT2D eigenvalue weighted by molar-refractivity contribution is 0.0864. The highest BCUT2D eigenvalue weighted by atomic mass is 35.5. The van der Waals surface area contributed by atoms with Crippen molar-refractivity contribution in [2.24, 2.45) is 0 Å². The minimum Gasteiger partial charge on any atom is -0.493 e. The molecule has 1 heterocycles. The summed E-state index contributed by atoms with van der Waals surface area (Å²) in [6.45, 7) is 1.14. The van der Waals surface area contributed by atoms with Crippen LogP contribution in [0, 0.1) is 0 Å². The zero-order valence-electron chi connectivity index (χ0n) is 18.2. The summed E-state index contributed by atoms with van der Waals surface area (Å²) >= 11 is 12.7. The number of halogens is 2. The van der Waals surface area contributed by atoms with E-state index in [1.807, 2.05) is 12.1 Å². The minimum absolute atomic E-state index is 0.238. The Labute approximate surface area is 204 Å². The average Bonchev–Trinajstić information content (AvgIpc) is 3.69. The second-order valence-corrected chi connectivity index (χ2v) is 9.44. The predicted octanol–water partition coefficient (Wildman–Crippen LogP) is 7.17. The Hall–Kier alpha value is -2.69. The second kappa shape index (κ2) is 9.66. The second-order valence-electron chi connectivity index (χ2n) is 8.63. The molecule has 0 unspecified atom stereocenters. The first kappa shape index (κ1) is 22.1. The molecule has 1 aliphatic carbocycles. The third-order valence-corrected chi connectivity index (χ3v) is 6.76. The van der Waals surface area contributed by atoms with Crippen LogP contribution in [0.25, 0.3) is 0 Å². The zero-order valence-corrected chi connectivity index (χ0v) is 19.7. The maximum Gasteiger partial charge on any atom is 0.268 e. The summed E-state index contributed by atoms with van der Waals surface area (Å²) in [5.41, 5.74) is 4.18. The van der Waals surface area contributed by atoms with Crippen LogP contribution in [0.2, 0.25) is 5.02 Å². The number of fused-ring (bicyclic) bond motifs is 1. The molecular weight excluding hydrogens is 457 g/mol. The minimum atomic E-state index is -0.238. The van der Waals surface area contributed by atoms with Gasteiger partial charge in [0.25, 0.3) is 5.91 Å². The topological polar surface area (TPSA) is 38.8 Å². The zero-order chi connectivity index (χ0) is 22.8. The third-order valence-electron chi connectivity index (χ3n) is 6.14. The van der Waals surface area contributed by atoms with Gasteiger partial charge in [0.1, 0.15) is 17.2 Å². The summed E-state index contributed by atoms with van der Waals surface area (Å²) in [5.74, 6) is 2.43. The van der Waals surface area contributed by atoms with Crippen LogP contribution in [0.3, 0.4) is 0 Å². The summed E-state index contributed by atoms with van der Waals surface area (Å²) in [5, 5.41) is 0.538. The molecule has 0 aromatic heterocycles. The van der Waals surface area contributed by atoms with E-state index in [0.29, 0.717) is 41.7 Å². The molecule has 1 saturated carbocycles. The largest absolute Gasteiger partial charge is 0.493 e. The Bertz CT molecular complexity index is 1140. The average molecular weight is 482 g/mol. The number of ether oxygens (including phenoxy) is 2. The van der Waals surface area contributed by atoms with E-state index in [1.54, 1.807) is 24.3 Å². The van der Waals surface area contributed by atoms with Gasteiger partial charge in [0.2, 0.25) is 0 Å². The lowest BCUT2D eigenvalue weighted by Crippen LogP contribution is -2.23. The normalized spacial score (nSPS) is 14.8. The van der Waals surface area contributed by atoms with Crippen LogP contribution in [-0.2, 0) is 12.8 Å². The van der Waals surface area contributed by atoms with Gasteiger partial charge in [-0.25, -0.2) is 0 Å². The summed E-state index contributed by atoms with van der Waals surface area (Å²) in [6.07, 6.45) is 5.24. The van der Waals surface area contributed by atoms with E-state index in [4.69, 9.17) is 32.9 Å². The molecule has 1 aliphatic heterocycles. The van der Waals surface area contributed by atoms with Crippen molar-refractivity contribution in [2.75, 3.05) is 13.2 Å². The smallest absolute Gasteiger partial charge is 0.268 e. The Morgan fingerprint density at radius 2 is 1.82 bits per heavy atom. The van der Waals surface area contributed by atoms with Crippen molar-refractivity contribution in [3.05, 3.63) is 87.9 Å². The van der Waals surface area contributed by atoms with Gasteiger partial charge in [0.05, 0.1) is 11.6 Å². The number of nitrogens with zero attached hydrogens (tertiary/aromatic N) is 1. The van der Waals surface area contributed by atoms with Crippen LogP contribution in [0.5, 0.6) is 17.2 Å². The standard InChI is InChI=1S/C27H25Cl2NO3/c28-24-16-22-2-1-15-32-25(22)17-26(24)33-23-11-9-21(10-12-23)27(31)30(29)14-13-18-3-5-19(6-4-18)20-7-8-20/h3-6,9-12,16-17,20H,1-2,7-8,13-15H2. The molecule has 0 atom stereocenters. The molecule has 0 saturated heterocycles. The molecule has 0 radical (unpaired) electrons. The molecule has 4 nitrogen and oxygen atoms in total. The van der Waals surface area contributed by atoms with Crippen molar-refractivity contribution in [1.82, 2.24) is 4.42 Å². The third kappa shape index (κ3) is 5.29. The number of hydrogen-bond acceptors (Lipinski definition) is 3. The van der Waals surface area contributed by atoms with Crippen LogP contribution < -0.4 is 9.47 Å². The quantitative estimate of drug-likeness (QED) is 0.335. The van der Waals surface area contributed by atoms with E-state index in [-0.39, 0.29) is 5.91 Å². The molecular formula is C27H25Cl2NO3. The fraction of sp³-hybridized carbons (Fsp3) is 0.296. The van der Waals surface area contributed by atoms with Crippen LogP contribution in [0.15, 0.2) is 60.7 Å². The van der Waals surface area contributed by atoms with Crippen molar-refractivity contribution >= 4 is 29.3 Å². The molecule has 2 aliphatic rings. The van der Waals surface area contributed by atoms with E-state index >= 15 is 0 Å². The molecule has 0 N–H and O–H groups in total. The number of amides is 1. The van der Waals surface area contributed by atoms with E-state index in [0.717, 1.165) is 30.1 Å². The van der Waals surface area contributed by atoms with Crippen LogP contribution in [0.1, 0.15) is 52.2 Å².